The zero-order valence-corrected chi connectivity index (χ0v) is 5.19. The summed E-state index contributed by atoms with van der Waals surface area (Å²) in [4.78, 5) is 0. The standard InChI is InChI=1S/C6H5N3O/c1-2-9-4-6-5(8-9)3-7-10-6/h2-4H,1H2. The Balaban J connectivity index is 2.78. The first-order chi connectivity index (χ1) is 4.90. The lowest BCUT2D eigenvalue weighted by Gasteiger charge is -1.82. The Labute approximate surface area is 56.7 Å². The average Bonchev–Trinajstić information content (AvgIpc) is 2.42. The van der Waals surface area contributed by atoms with E-state index in [1.54, 1.807) is 23.3 Å². The number of nitrogens with zero attached hydrogens (tertiary/aromatic N) is 3. The Morgan fingerprint density at radius 1 is 1.70 bits per heavy atom. The summed E-state index contributed by atoms with van der Waals surface area (Å²) in [6.45, 7) is 3.54. The van der Waals surface area contributed by atoms with E-state index in [0.717, 1.165) is 5.52 Å². The van der Waals surface area contributed by atoms with Crippen LogP contribution in [0.5, 0.6) is 0 Å². The van der Waals surface area contributed by atoms with Crippen LogP contribution in [-0.4, -0.2) is 14.9 Å². The lowest BCUT2D eigenvalue weighted by molar-refractivity contribution is 0.455. The highest BCUT2D eigenvalue weighted by Gasteiger charge is 2.00. The Kier molecular flexibility index (Phi) is 0.887. The van der Waals surface area contributed by atoms with Gasteiger partial charge in [-0.2, -0.15) is 5.10 Å². The summed E-state index contributed by atoms with van der Waals surface area (Å²) in [7, 11) is 0. The summed E-state index contributed by atoms with van der Waals surface area (Å²) >= 11 is 0. The van der Waals surface area contributed by atoms with Crippen LogP contribution in [0.2, 0.25) is 0 Å². The molecule has 0 radical (unpaired) electrons. The van der Waals surface area contributed by atoms with Gasteiger partial charge in [0.05, 0.1) is 12.4 Å². The molecule has 0 aliphatic carbocycles. The highest BCUT2D eigenvalue weighted by Crippen LogP contribution is 2.09. The highest BCUT2D eigenvalue weighted by atomic mass is 16.5. The van der Waals surface area contributed by atoms with Crippen LogP contribution in [0.4, 0.5) is 0 Å². The predicted molar refractivity (Wildman–Crippen MR) is 36.2 cm³/mol. The lowest BCUT2D eigenvalue weighted by atomic mass is 10.5. The van der Waals surface area contributed by atoms with Crippen LogP contribution < -0.4 is 0 Å². The van der Waals surface area contributed by atoms with Gasteiger partial charge in [-0.15, -0.1) is 0 Å². The van der Waals surface area contributed by atoms with Crippen molar-refractivity contribution in [2.24, 2.45) is 0 Å². The second kappa shape index (κ2) is 1.70. The summed E-state index contributed by atoms with van der Waals surface area (Å²) in [5.41, 5.74) is 1.43. The molecule has 0 bridgehead atoms. The topological polar surface area (TPSA) is 43.9 Å². The molecule has 0 saturated heterocycles. The molecule has 2 aromatic heterocycles. The lowest BCUT2D eigenvalue weighted by Crippen LogP contribution is -1.82. The van der Waals surface area contributed by atoms with Crippen LogP contribution in [0.25, 0.3) is 17.3 Å². The molecule has 2 aromatic rings. The molecule has 0 N–H and O–H groups in total. The van der Waals surface area contributed by atoms with Crippen molar-refractivity contribution in [1.82, 2.24) is 14.9 Å². The van der Waals surface area contributed by atoms with Crippen molar-refractivity contribution in [3.05, 3.63) is 19.0 Å². The van der Waals surface area contributed by atoms with Crippen LogP contribution in [0.15, 0.2) is 23.5 Å². The van der Waals surface area contributed by atoms with E-state index in [-0.39, 0.29) is 0 Å². The number of rotatable bonds is 1. The molecule has 10 heavy (non-hydrogen) atoms. The summed E-state index contributed by atoms with van der Waals surface area (Å²) in [6.07, 6.45) is 4.88. The van der Waals surface area contributed by atoms with Gasteiger partial charge in [0.2, 0.25) is 5.58 Å². The molecule has 4 nitrogen and oxygen atoms in total. The highest BCUT2D eigenvalue weighted by molar-refractivity contribution is 5.70. The number of hydrogen-bond acceptors (Lipinski definition) is 3. The fourth-order valence-electron chi connectivity index (χ4n) is 0.775. The number of aromatic nitrogens is 3. The second-order valence-corrected chi connectivity index (χ2v) is 1.87. The van der Waals surface area contributed by atoms with Gasteiger partial charge in [-0.05, 0) is 0 Å². The van der Waals surface area contributed by atoms with Gasteiger partial charge in [-0.25, -0.2) is 4.68 Å². The molecule has 2 rings (SSSR count). The first-order valence-electron chi connectivity index (χ1n) is 2.82. The maximum absolute atomic E-state index is 4.82. The van der Waals surface area contributed by atoms with Crippen molar-refractivity contribution in [2.75, 3.05) is 0 Å². The van der Waals surface area contributed by atoms with E-state index in [1.807, 2.05) is 0 Å². The van der Waals surface area contributed by atoms with Crippen molar-refractivity contribution >= 4 is 17.3 Å². The van der Waals surface area contributed by atoms with Crippen molar-refractivity contribution in [3.63, 3.8) is 0 Å². The molecular formula is C6H5N3O. The van der Waals surface area contributed by atoms with Gasteiger partial charge < -0.3 is 4.52 Å². The van der Waals surface area contributed by atoms with E-state index in [2.05, 4.69) is 16.8 Å². The molecule has 4 heteroatoms. The van der Waals surface area contributed by atoms with Gasteiger partial charge in [0.25, 0.3) is 0 Å². The molecule has 0 aliphatic rings. The van der Waals surface area contributed by atoms with E-state index in [9.17, 15) is 0 Å². The molecule has 0 aliphatic heterocycles. The monoisotopic (exact) mass is 135 g/mol. The van der Waals surface area contributed by atoms with Crippen LogP contribution in [0.1, 0.15) is 0 Å². The SMILES string of the molecule is C=Cn1cc2oncc2n1. The zero-order chi connectivity index (χ0) is 6.97. The van der Waals surface area contributed by atoms with Gasteiger partial charge in [0.1, 0.15) is 0 Å². The predicted octanol–water partition coefficient (Wildman–Crippen LogP) is 1.12. The van der Waals surface area contributed by atoms with E-state index < -0.39 is 0 Å². The Morgan fingerprint density at radius 2 is 2.60 bits per heavy atom. The second-order valence-electron chi connectivity index (χ2n) is 1.87. The molecule has 0 spiro atoms. The molecule has 0 aromatic carbocycles. The van der Waals surface area contributed by atoms with Crippen molar-refractivity contribution in [3.8, 4) is 0 Å². The van der Waals surface area contributed by atoms with E-state index >= 15 is 0 Å². The van der Waals surface area contributed by atoms with E-state index in [0.29, 0.717) is 5.58 Å². The van der Waals surface area contributed by atoms with Crippen LogP contribution in [0.3, 0.4) is 0 Å². The van der Waals surface area contributed by atoms with Gasteiger partial charge >= 0.3 is 0 Å². The van der Waals surface area contributed by atoms with Gasteiger partial charge in [0.15, 0.2) is 5.52 Å². The van der Waals surface area contributed by atoms with E-state index in [1.165, 1.54) is 0 Å². The maximum Gasteiger partial charge on any atom is 0.205 e. The molecule has 0 unspecified atom stereocenters. The third-order valence-corrected chi connectivity index (χ3v) is 1.24. The fraction of sp³-hybridized carbons (Fsp3) is 0. The molecule has 0 atom stereocenters. The van der Waals surface area contributed by atoms with Crippen LogP contribution in [0, 0.1) is 0 Å². The first-order valence-corrected chi connectivity index (χ1v) is 2.82. The molecular weight excluding hydrogens is 130 g/mol. The third-order valence-electron chi connectivity index (χ3n) is 1.24. The van der Waals surface area contributed by atoms with Crippen LogP contribution >= 0.6 is 0 Å². The quantitative estimate of drug-likeness (QED) is 0.588. The smallest absolute Gasteiger partial charge is 0.205 e. The summed E-state index contributed by atoms with van der Waals surface area (Å²) < 4.78 is 6.40. The molecule has 0 amide bonds. The van der Waals surface area contributed by atoms with Crippen molar-refractivity contribution in [2.45, 2.75) is 0 Å². The summed E-state index contributed by atoms with van der Waals surface area (Å²) in [6, 6.07) is 0. The Morgan fingerprint density at radius 3 is 3.30 bits per heavy atom. The van der Waals surface area contributed by atoms with Crippen LogP contribution in [-0.2, 0) is 0 Å². The van der Waals surface area contributed by atoms with Gasteiger partial charge in [0, 0.05) is 6.20 Å². The Bertz CT molecular complexity index is 331. The minimum atomic E-state index is 0.680. The van der Waals surface area contributed by atoms with Crippen molar-refractivity contribution < 1.29 is 4.52 Å². The number of fused-ring (bicyclic) bond motifs is 1. The maximum atomic E-state index is 4.82. The normalized spacial score (nSPS) is 10.4. The molecule has 2 heterocycles. The van der Waals surface area contributed by atoms with Gasteiger partial charge in [-0.3, -0.25) is 0 Å². The molecule has 50 valence electrons. The van der Waals surface area contributed by atoms with E-state index in [4.69, 9.17) is 4.52 Å². The third kappa shape index (κ3) is 0.556. The van der Waals surface area contributed by atoms with Gasteiger partial charge in [-0.1, -0.05) is 11.7 Å². The molecule has 0 saturated carbocycles. The number of hydrogen-bond donors (Lipinski definition) is 0. The minimum Gasteiger partial charge on any atom is -0.353 e. The van der Waals surface area contributed by atoms with Crippen molar-refractivity contribution in [1.29, 1.82) is 0 Å². The average molecular weight is 135 g/mol. The first kappa shape index (κ1) is 5.22. The summed E-state index contributed by atoms with van der Waals surface area (Å²) in [5.74, 6) is 0. The summed E-state index contributed by atoms with van der Waals surface area (Å²) in [5, 5.41) is 7.59. The molecule has 0 fully saturated rings. The largest absolute Gasteiger partial charge is 0.353 e. The minimum absolute atomic E-state index is 0.680. The zero-order valence-electron chi connectivity index (χ0n) is 5.19. The fourth-order valence-corrected chi connectivity index (χ4v) is 0.775. The Hall–Kier alpha value is -1.58.